The first-order valence-electron chi connectivity index (χ1n) is 10.1. The molecule has 1 spiro atoms. The van der Waals surface area contributed by atoms with Gasteiger partial charge in [-0.15, -0.1) is 0 Å². The third kappa shape index (κ3) is 3.17. The molecule has 1 aliphatic heterocycles. The molecule has 10 nitrogen and oxygen atoms in total. The van der Waals surface area contributed by atoms with Crippen LogP contribution in [-0.4, -0.2) is 38.5 Å². The smallest absolute Gasteiger partial charge is 0.307 e. The number of fused-ring (bicyclic) bond motifs is 2. The van der Waals surface area contributed by atoms with Gasteiger partial charge in [0.15, 0.2) is 0 Å². The number of anilines is 4. The van der Waals surface area contributed by atoms with Crippen molar-refractivity contribution in [1.82, 2.24) is 19.9 Å². The van der Waals surface area contributed by atoms with Crippen LogP contribution >= 0.6 is 0 Å². The Kier molecular flexibility index (Phi) is 4.61. The molecular formula is C21H20FN7O3. The number of nitro benzene ring substituents is 1. The van der Waals surface area contributed by atoms with Crippen molar-refractivity contribution in [2.75, 3.05) is 23.9 Å². The van der Waals surface area contributed by atoms with Gasteiger partial charge in [-0.1, -0.05) is 6.42 Å². The number of methoxy groups -OCH3 is 1. The number of hydrogen-bond donors (Lipinski definition) is 1. The number of ether oxygens (including phenoxy) is 1. The fourth-order valence-corrected chi connectivity index (χ4v) is 4.35. The molecule has 0 amide bonds. The largest absolute Gasteiger partial charge is 0.494 e. The van der Waals surface area contributed by atoms with Crippen LogP contribution in [0.2, 0.25) is 0 Å². The maximum atomic E-state index is 14.0. The highest BCUT2D eigenvalue weighted by Gasteiger charge is 2.49. The molecule has 1 saturated carbocycles. The summed E-state index contributed by atoms with van der Waals surface area (Å²) in [7, 11) is 1.35. The standard InChI is InChI=1S/C21H20FN7O3/c1-12-4-5-15-18(25-12)21(6-3-7-21)10-28(15)20-24-11-23-19(27-20)26-14-9-16(29(30)31)13(22)8-17(14)32-2/h4-5,8-9,11H,3,6-7,10H2,1-2H3,(H,23,24,26,27). The van der Waals surface area contributed by atoms with Crippen LogP contribution in [0.1, 0.15) is 30.7 Å². The van der Waals surface area contributed by atoms with Crippen molar-refractivity contribution in [3.63, 3.8) is 0 Å². The lowest BCUT2D eigenvalue weighted by Gasteiger charge is -2.38. The second kappa shape index (κ2) is 7.36. The Morgan fingerprint density at radius 2 is 2.06 bits per heavy atom. The van der Waals surface area contributed by atoms with E-state index in [2.05, 4.69) is 20.3 Å². The van der Waals surface area contributed by atoms with Gasteiger partial charge in [-0.25, -0.2) is 9.97 Å². The quantitative estimate of drug-likeness (QED) is 0.467. The van der Waals surface area contributed by atoms with Gasteiger partial charge in [-0.3, -0.25) is 15.1 Å². The molecule has 0 saturated heterocycles. The third-order valence-corrected chi connectivity index (χ3v) is 6.09. The van der Waals surface area contributed by atoms with Crippen LogP contribution in [0.15, 0.2) is 30.6 Å². The summed E-state index contributed by atoms with van der Waals surface area (Å²) in [5.41, 5.74) is 2.54. The zero-order chi connectivity index (χ0) is 22.5. The third-order valence-electron chi connectivity index (χ3n) is 6.09. The molecule has 0 atom stereocenters. The average molecular weight is 437 g/mol. The van der Waals surface area contributed by atoms with Crippen LogP contribution in [0, 0.1) is 22.9 Å². The van der Waals surface area contributed by atoms with E-state index in [1.165, 1.54) is 13.4 Å². The van der Waals surface area contributed by atoms with Crippen LogP contribution in [-0.2, 0) is 5.41 Å². The average Bonchev–Trinajstić information content (AvgIpc) is 3.09. The summed E-state index contributed by atoms with van der Waals surface area (Å²) in [6.07, 6.45) is 4.66. The molecule has 3 heterocycles. The number of pyridine rings is 1. The second-order valence-electron chi connectivity index (χ2n) is 8.04. The van der Waals surface area contributed by atoms with E-state index >= 15 is 0 Å². The molecule has 164 valence electrons. The second-order valence-corrected chi connectivity index (χ2v) is 8.04. The Morgan fingerprint density at radius 1 is 1.25 bits per heavy atom. The molecule has 11 heteroatoms. The van der Waals surface area contributed by atoms with E-state index in [4.69, 9.17) is 9.72 Å². The molecule has 32 heavy (non-hydrogen) atoms. The fourth-order valence-electron chi connectivity index (χ4n) is 4.35. The van der Waals surface area contributed by atoms with Gasteiger partial charge < -0.3 is 15.0 Å². The molecule has 1 aliphatic carbocycles. The van der Waals surface area contributed by atoms with E-state index in [0.717, 1.165) is 55.0 Å². The van der Waals surface area contributed by atoms with Crippen molar-refractivity contribution < 1.29 is 14.1 Å². The number of benzene rings is 1. The SMILES string of the molecule is COc1cc(F)c([N+](=O)[O-])cc1Nc1ncnc(N2CC3(CCC3)c3nc(C)ccc32)n1. The number of nitrogens with zero attached hydrogens (tertiary/aromatic N) is 6. The molecule has 2 aliphatic rings. The lowest BCUT2D eigenvalue weighted by molar-refractivity contribution is -0.387. The lowest BCUT2D eigenvalue weighted by atomic mass is 9.67. The van der Waals surface area contributed by atoms with Crippen molar-refractivity contribution in [2.45, 2.75) is 31.6 Å². The first kappa shape index (κ1) is 20.0. The Bertz CT molecular complexity index is 1230. The van der Waals surface area contributed by atoms with Crippen LogP contribution in [0.3, 0.4) is 0 Å². The maximum Gasteiger partial charge on any atom is 0.307 e. The van der Waals surface area contributed by atoms with Crippen molar-refractivity contribution in [3.8, 4) is 5.75 Å². The molecule has 3 aromatic rings. The number of halogens is 1. The number of hydrogen-bond acceptors (Lipinski definition) is 9. The summed E-state index contributed by atoms with van der Waals surface area (Å²) < 4.78 is 19.1. The molecule has 1 aromatic carbocycles. The van der Waals surface area contributed by atoms with Crippen molar-refractivity contribution in [1.29, 1.82) is 0 Å². The van der Waals surface area contributed by atoms with Gasteiger partial charge in [-0.05, 0) is 31.9 Å². The van der Waals surface area contributed by atoms with Gasteiger partial charge in [-0.2, -0.15) is 9.37 Å². The summed E-state index contributed by atoms with van der Waals surface area (Å²) in [5.74, 6) is -0.301. The Labute approximate surface area is 182 Å². The predicted molar refractivity (Wildman–Crippen MR) is 114 cm³/mol. The minimum absolute atomic E-state index is 0.0162. The van der Waals surface area contributed by atoms with E-state index in [-0.39, 0.29) is 22.8 Å². The van der Waals surface area contributed by atoms with Crippen molar-refractivity contribution in [2.24, 2.45) is 0 Å². The fraction of sp³-hybridized carbons (Fsp3) is 0.333. The molecule has 0 radical (unpaired) electrons. The topological polar surface area (TPSA) is 119 Å². The zero-order valence-electron chi connectivity index (χ0n) is 17.5. The van der Waals surface area contributed by atoms with Crippen LogP contribution in [0.25, 0.3) is 0 Å². The summed E-state index contributed by atoms with van der Waals surface area (Å²) in [4.78, 5) is 30.2. The van der Waals surface area contributed by atoms with Gasteiger partial charge in [0.1, 0.15) is 12.1 Å². The van der Waals surface area contributed by atoms with Crippen LogP contribution in [0.5, 0.6) is 5.75 Å². The van der Waals surface area contributed by atoms with Gasteiger partial charge in [0.05, 0.1) is 29.1 Å². The highest BCUT2D eigenvalue weighted by molar-refractivity contribution is 5.70. The van der Waals surface area contributed by atoms with E-state index in [0.29, 0.717) is 5.95 Å². The van der Waals surface area contributed by atoms with Gasteiger partial charge in [0.2, 0.25) is 17.7 Å². The Morgan fingerprint density at radius 3 is 2.75 bits per heavy atom. The van der Waals surface area contributed by atoms with Crippen molar-refractivity contribution >= 4 is 29.0 Å². The normalized spacial score (nSPS) is 15.9. The van der Waals surface area contributed by atoms with Gasteiger partial charge in [0, 0.05) is 29.8 Å². The Hall–Kier alpha value is -3.89. The molecule has 1 fully saturated rings. The molecule has 0 unspecified atom stereocenters. The number of nitro groups is 1. The highest BCUT2D eigenvalue weighted by atomic mass is 19.1. The molecular weight excluding hydrogens is 417 g/mol. The summed E-state index contributed by atoms with van der Waals surface area (Å²) in [5, 5.41) is 14.0. The molecule has 1 N–H and O–H groups in total. The minimum atomic E-state index is -0.990. The van der Waals surface area contributed by atoms with E-state index < -0.39 is 16.4 Å². The lowest BCUT2D eigenvalue weighted by Crippen LogP contribution is -2.39. The first-order chi connectivity index (χ1) is 15.4. The first-order valence-corrected chi connectivity index (χ1v) is 10.1. The summed E-state index contributed by atoms with van der Waals surface area (Å²) >= 11 is 0. The number of aromatic nitrogens is 4. The number of rotatable bonds is 5. The highest BCUT2D eigenvalue weighted by Crippen LogP contribution is 2.53. The molecule has 0 bridgehead atoms. The predicted octanol–water partition coefficient (Wildman–Crippen LogP) is 3.95. The monoisotopic (exact) mass is 437 g/mol. The van der Waals surface area contributed by atoms with E-state index in [9.17, 15) is 14.5 Å². The maximum absolute atomic E-state index is 14.0. The minimum Gasteiger partial charge on any atom is -0.494 e. The Balaban J connectivity index is 1.50. The number of aryl methyl sites for hydroxylation is 1. The summed E-state index contributed by atoms with van der Waals surface area (Å²) in [6.45, 7) is 2.71. The van der Waals surface area contributed by atoms with Gasteiger partial charge >= 0.3 is 5.69 Å². The van der Waals surface area contributed by atoms with Crippen LogP contribution in [0.4, 0.5) is 33.3 Å². The molecule has 5 rings (SSSR count). The molecule has 2 aromatic heterocycles. The number of nitrogens with one attached hydrogen (secondary N) is 1. The van der Waals surface area contributed by atoms with E-state index in [1.807, 2.05) is 24.0 Å². The van der Waals surface area contributed by atoms with Crippen LogP contribution < -0.4 is 15.0 Å². The zero-order valence-corrected chi connectivity index (χ0v) is 17.5. The van der Waals surface area contributed by atoms with Crippen molar-refractivity contribution in [3.05, 3.63) is 57.9 Å². The summed E-state index contributed by atoms with van der Waals surface area (Å²) in [6, 6.07) is 6.01. The van der Waals surface area contributed by atoms with Gasteiger partial charge in [0.25, 0.3) is 0 Å². The van der Waals surface area contributed by atoms with E-state index in [1.54, 1.807) is 0 Å².